The van der Waals surface area contributed by atoms with Gasteiger partial charge in [0.05, 0.1) is 16.7 Å². The summed E-state index contributed by atoms with van der Waals surface area (Å²) in [5.41, 5.74) is 8.22. The van der Waals surface area contributed by atoms with Gasteiger partial charge in [0.25, 0.3) is 0 Å². The van der Waals surface area contributed by atoms with Crippen LogP contribution in [0.4, 0.5) is 0 Å². The molecule has 0 saturated heterocycles. The molecule has 116 valence electrons. The molecule has 2 aromatic carbocycles. The first-order chi connectivity index (χ1) is 11.6. The molecular formula is C22H18N2. The summed E-state index contributed by atoms with van der Waals surface area (Å²) in [6.45, 7) is 6.71. The lowest BCUT2D eigenvalue weighted by Crippen LogP contribution is -2.24. The van der Waals surface area contributed by atoms with Crippen LogP contribution < -0.4 is 0 Å². The fraction of sp³-hybridized carbons (Fsp3) is 0.182. The molecule has 2 aromatic heterocycles. The van der Waals surface area contributed by atoms with Gasteiger partial charge in [-0.25, -0.2) is 4.98 Å². The van der Waals surface area contributed by atoms with Crippen LogP contribution in [0.2, 0.25) is 0 Å². The highest BCUT2D eigenvalue weighted by Gasteiger charge is 2.34. The fourth-order valence-electron chi connectivity index (χ4n) is 4.10. The molecule has 0 aliphatic heterocycles. The van der Waals surface area contributed by atoms with Crippen molar-refractivity contribution in [3.63, 3.8) is 0 Å². The van der Waals surface area contributed by atoms with Crippen LogP contribution in [0.25, 0.3) is 33.1 Å². The van der Waals surface area contributed by atoms with Crippen molar-refractivity contribution in [3.8, 4) is 11.3 Å². The number of hydrogen-bond acceptors (Lipinski definition) is 2. The van der Waals surface area contributed by atoms with Gasteiger partial charge in [0.1, 0.15) is 0 Å². The Hall–Kier alpha value is -2.74. The van der Waals surface area contributed by atoms with Crippen molar-refractivity contribution in [2.24, 2.45) is 0 Å². The Morgan fingerprint density at radius 2 is 1.75 bits per heavy atom. The predicted octanol–water partition coefficient (Wildman–Crippen LogP) is 5.40. The Balaban J connectivity index is 2.02. The third-order valence-electron chi connectivity index (χ3n) is 5.42. The van der Waals surface area contributed by atoms with E-state index in [4.69, 9.17) is 4.98 Å². The number of para-hydroxylation sites is 1. The smallest absolute Gasteiger partial charge is 0.0758 e. The Morgan fingerprint density at radius 1 is 0.917 bits per heavy atom. The Morgan fingerprint density at radius 3 is 2.62 bits per heavy atom. The Kier molecular flexibility index (Phi) is 2.52. The van der Waals surface area contributed by atoms with Crippen molar-refractivity contribution in [3.05, 3.63) is 71.4 Å². The largest absolute Gasteiger partial charge is 0.256 e. The van der Waals surface area contributed by atoms with Gasteiger partial charge in [-0.3, -0.25) is 4.98 Å². The van der Waals surface area contributed by atoms with E-state index >= 15 is 0 Å². The maximum atomic E-state index is 5.11. The summed E-state index contributed by atoms with van der Waals surface area (Å²) in [7, 11) is 0. The lowest BCUT2D eigenvalue weighted by Gasteiger charge is -2.34. The standard InChI is InChI=1S/C22H18N2/c1-13-6-4-7-14-12-17-21(24-20(13)14)15-10-11-23-18-9-5-8-16(19(15)18)22(17,2)3/h4-12H,1-3H3. The molecule has 0 atom stereocenters. The van der Waals surface area contributed by atoms with Gasteiger partial charge < -0.3 is 0 Å². The van der Waals surface area contributed by atoms with Crippen LogP contribution in [-0.2, 0) is 5.41 Å². The maximum Gasteiger partial charge on any atom is 0.0758 e. The van der Waals surface area contributed by atoms with Crippen LogP contribution in [0.1, 0.15) is 30.5 Å². The molecule has 2 heterocycles. The van der Waals surface area contributed by atoms with Crippen molar-refractivity contribution >= 4 is 21.8 Å². The number of nitrogens with zero attached hydrogens (tertiary/aromatic N) is 2. The second-order valence-corrected chi connectivity index (χ2v) is 7.21. The topological polar surface area (TPSA) is 25.8 Å². The molecule has 1 aliphatic carbocycles. The minimum atomic E-state index is -0.0875. The minimum absolute atomic E-state index is 0.0875. The molecule has 0 spiro atoms. The van der Waals surface area contributed by atoms with Gasteiger partial charge in [-0.1, -0.05) is 44.2 Å². The second kappa shape index (κ2) is 4.41. The van der Waals surface area contributed by atoms with Gasteiger partial charge in [-0.15, -0.1) is 0 Å². The molecule has 0 bridgehead atoms. The first-order valence-corrected chi connectivity index (χ1v) is 8.37. The van der Waals surface area contributed by atoms with Crippen LogP contribution in [0.5, 0.6) is 0 Å². The summed E-state index contributed by atoms with van der Waals surface area (Å²) >= 11 is 0. The average molecular weight is 310 g/mol. The summed E-state index contributed by atoms with van der Waals surface area (Å²) in [6, 6.07) is 17.3. The number of rotatable bonds is 0. The van der Waals surface area contributed by atoms with Gasteiger partial charge >= 0.3 is 0 Å². The second-order valence-electron chi connectivity index (χ2n) is 7.21. The van der Waals surface area contributed by atoms with Crippen molar-refractivity contribution < 1.29 is 0 Å². The molecule has 0 unspecified atom stereocenters. The quantitative estimate of drug-likeness (QED) is 0.435. The highest BCUT2D eigenvalue weighted by Crippen LogP contribution is 2.48. The third-order valence-corrected chi connectivity index (χ3v) is 5.42. The van der Waals surface area contributed by atoms with Gasteiger partial charge in [-0.05, 0) is 41.8 Å². The number of aromatic nitrogens is 2. The summed E-state index contributed by atoms with van der Waals surface area (Å²) in [5.74, 6) is 0. The molecule has 1 aliphatic rings. The zero-order valence-electron chi connectivity index (χ0n) is 14.1. The van der Waals surface area contributed by atoms with Crippen LogP contribution in [0.15, 0.2) is 54.7 Å². The Bertz CT molecular complexity index is 1130. The number of benzene rings is 2. The van der Waals surface area contributed by atoms with Crippen LogP contribution in [-0.4, -0.2) is 9.97 Å². The minimum Gasteiger partial charge on any atom is -0.256 e. The van der Waals surface area contributed by atoms with E-state index in [-0.39, 0.29) is 5.41 Å². The van der Waals surface area contributed by atoms with E-state index in [1.165, 1.54) is 33.0 Å². The van der Waals surface area contributed by atoms with Gasteiger partial charge in [0.15, 0.2) is 0 Å². The lowest BCUT2D eigenvalue weighted by atomic mass is 9.70. The normalized spacial score (nSPS) is 14.8. The molecule has 2 nitrogen and oxygen atoms in total. The molecule has 2 heteroatoms. The van der Waals surface area contributed by atoms with E-state index in [1.54, 1.807) is 0 Å². The summed E-state index contributed by atoms with van der Waals surface area (Å²) in [4.78, 5) is 9.68. The highest BCUT2D eigenvalue weighted by atomic mass is 14.7. The SMILES string of the molecule is Cc1cccc2cc3c(nc12)-c1ccnc2cccc(c12)C3(C)C. The molecule has 0 radical (unpaired) electrons. The molecule has 0 amide bonds. The van der Waals surface area contributed by atoms with Crippen molar-refractivity contribution in [2.45, 2.75) is 26.2 Å². The lowest BCUT2D eigenvalue weighted by molar-refractivity contribution is 0.643. The van der Waals surface area contributed by atoms with Gasteiger partial charge in [-0.2, -0.15) is 0 Å². The molecular weight excluding hydrogens is 292 g/mol. The molecule has 0 N–H and O–H groups in total. The van der Waals surface area contributed by atoms with Crippen LogP contribution in [0, 0.1) is 6.92 Å². The van der Waals surface area contributed by atoms with Crippen LogP contribution >= 0.6 is 0 Å². The first kappa shape index (κ1) is 13.7. The summed E-state index contributed by atoms with van der Waals surface area (Å²) in [6.07, 6.45) is 1.90. The van der Waals surface area contributed by atoms with E-state index in [1.807, 2.05) is 6.20 Å². The van der Waals surface area contributed by atoms with E-state index in [0.717, 1.165) is 16.7 Å². The third kappa shape index (κ3) is 1.60. The van der Waals surface area contributed by atoms with Crippen molar-refractivity contribution in [1.29, 1.82) is 0 Å². The van der Waals surface area contributed by atoms with Crippen molar-refractivity contribution in [2.75, 3.05) is 0 Å². The molecule has 0 fully saturated rings. The Labute approximate surface area is 141 Å². The van der Waals surface area contributed by atoms with Gasteiger partial charge in [0.2, 0.25) is 0 Å². The molecule has 0 saturated carbocycles. The first-order valence-electron chi connectivity index (χ1n) is 8.37. The number of pyridine rings is 2. The maximum absolute atomic E-state index is 5.11. The van der Waals surface area contributed by atoms with Crippen molar-refractivity contribution in [1.82, 2.24) is 9.97 Å². The number of aryl methyl sites for hydroxylation is 1. The fourth-order valence-corrected chi connectivity index (χ4v) is 4.10. The zero-order valence-corrected chi connectivity index (χ0v) is 14.1. The monoisotopic (exact) mass is 310 g/mol. The molecule has 24 heavy (non-hydrogen) atoms. The van der Waals surface area contributed by atoms with E-state index in [9.17, 15) is 0 Å². The van der Waals surface area contributed by atoms with Gasteiger partial charge in [0, 0.05) is 27.9 Å². The van der Waals surface area contributed by atoms with E-state index in [2.05, 4.69) is 74.3 Å². The highest BCUT2D eigenvalue weighted by molar-refractivity contribution is 6.02. The zero-order chi connectivity index (χ0) is 16.5. The van der Waals surface area contributed by atoms with E-state index < -0.39 is 0 Å². The summed E-state index contributed by atoms with van der Waals surface area (Å²) < 4.78 is 0. The predicted molar refractivity (Wildman–Crippen MR) is 99.3 cm³/mol. The average Bonchev–Trinajstić information content (AvgIpc) is 2.59. The van der Waals surface area contributed by atoms with Crippen LogP contribution in [0.3, 0.4) is 0 Å². The number of hydrogen-bond donors (Lipinski definition) is 0. The van der Waals surface area contributed by atoms with E-state index in [0.29, 0.717) is 0 Å². The molecule has 5 rings (SSSR count). The molecule has 4 aromatic rings. The number of fused-ring (bicyclic) bond motifs is 3. The summed E-state index contributed by atoms with van der Waals surface area (Å²) in [5, 5.41) is 2.46.